The van der Waals surface area contributed by atoms with Gasteiger partial charge in [-0.3, -0.25) is 4.70 Å². The Morgan fingerprint density at radius 3 is 2.57 bits per heavy atom. The molecule has 0 amide bonds. The molecule has 0 saturated heterocycles. The van der Waals surface area contributed by atoms with Gasteiger partial charge in [0.15, 0.2) is 0 Å². The predicted octanol–water partition coefficient (Wildman–Crippen LogP) is 3.58. The van der Waals surface area contributed by atoms with Crippen molar-refractivity contribution >= 4 is 11.6 Å². The molecule has 1 aromatic carbocycles. The van der Waals surface area contributed by atoms with Gasteiger partial charge in [-0.05, 0) is 17.2 Å². The van der Waals surface area contributed by atoms with E-state index in [1.54, 1.807) is 0 Å². The van der Waals surface area contributed by atoms with Crippen molar-refractivity contribution in [3.05, 3.63) is 44.8 Å². The summed E-state index contributed by atoms with van der Waals surface area (Å²) in [5.74, 6) is -1.60. The van der Waals surface area contributed by atoms with Crippen molar-refractivity contribution in [2.24, 2.45) is 5.11 Å². The van der Waals surface area contributed by atoms with E-state index in [1.807, 2.05) is 0 Å². The van der Waals surface area contributed by atoms with Crippen LogP contribution in [0.15, 0.2) is 17.2 Å². The third-order valence-electron chi connectivity index (χ3n) is 1.39. The second-order valence-corrected chi connectivity index (χ2v) is 2.65. The van der Waals surface area contributed by atoms with Gasteiger partial charge in [-0.1, -0.05) is 16.7 Å². The summed E-state index contributed by atoms with van der Waals surface area (Å²) in [7, 11) is 0. The van der Waals surface area contributed by atoms with Crippen molar-refractivity contribution in [3.8, 4) is 0 Å². The summed E-state index contributed by atoms with van der Waals surface area (Å²) in [6.07, 6.45) is 0. The summed E-state index contributed by atoms with van der Waals surface area (Å²) in [5.41, 5.74) is 8.04. The summed E-state index contributed by atoms with van der Waals surface area (Å²) in [6.45, 7) is -0.178. The topological polar surface area (TPSA) is 48.8 Å². The normalized spacial score (nSPS) is 8.79. The molecule has 0 radical (unpaired) electrons. The number of rotatable bonds is 2. The zero-order valence-corrected chi connectivity index (χ0v) is 7.50. The summed E-state index contributed by atoms with van der Waals surface area (Å²) in [4.78, 5) is 2.45. The maximum atomic E-state index is 12.9. The molecule has 0 atom stereocenters. The highest BCUT2D eigenvalue weighted by atomic mass is 35.5. The molecule has 0 aliphatic heterocycles. The van der Waals surface area contributed by atoms with Crippen molar-refractivity contribution < 1.29 is 13.5 Å². The number of benzene rings is 1. The lowest BCUT2D eigenvalue weighted by Gasteiger charge is -2.00. The minimum absolute atomic E-state index is 0. The number of hydrogen-bond donors (Lipinski definition) is 0. The highest BCUT2D eigenvalue weighted by molar-refractivity contribution is 6.30. The van der Waals surface area contributed by atoms with Gasteiger partial charge in [0.25, 0.3) is 0 Å². The predicted molar refractivity (Wildman–Crippen MR) is 46.7 cm³/mol. The molecule has 3 nitrogen and oxygen atoms in total. The highest BCUT2D eigenvalue weighted by Crippen LogP contribution is 2.19. The Hall–Kier alpha value is -1.39. The molecule has 76 valence electrons. The number of azide groups is 1. The quantitative estimate of drug-likeness (QED) is 0.318. The highest BCUT2D eigenvalue weighted by Gasteiger charge is 2.06. The molecule has 0 heterocycles. The van der Waals surface area contributed by atoms with Crippen molar-refractivity contribution in [3.63, 3.8) is 0 Å². The average molecular weight is 224 g/mol. The number of hydrogen-bond acceptors (Lipinski definition) is 1. The summed E-state index contributed by atoms with van der Waals surface area (Å²) in [5, 5.41) is 2.94. The lowest BCUT2D eigenvalue weighted by Crippen LogP contribution is -1.90. The van der Waals surface area contributed by atoms with Gasteiger partial charge in [-0.2, -0.15) is 0 Å². The van der Waals surface area contributed by atoms with E-state index in [-0.39, 0.29) is 21.8 Å². The van der Waals surface area contributed by atoms with Crippen molar-refractivity contribution in [1.29, 1.82) is 0 Å². The standard InChI is InChI=1S/C7H4ClF2N3.FH/c8-5-1-4(3-12-13-11)6(9)2-7(5)10;/h1-2H,3H2;1H. The Morgan fingerprint density at radius 2 is 2.00 bits per heavy atom. The van der Waals surface area contributed by atoms with E-state index in [0.717, 1.165) is 6.07 Å². The Kier molecular flexibility index (Phi) is 4.83. The molecule has 0 spiro atoms. The molecule has 1 rings (SSSR count). The van der Waals surface area contributed by atoms with Crippen molar-refractivity contribution in [1.82, 2.24) is 0 Å². The minimum atomic E-state index is -0.830. The second kappa shape index (κ2) is 5.36. The maximum absolute atomic E-state index is 12.9. The molecular weight excluding hydrogens is 219 g/mol. The fourth-order valence-corrected chi connectivity index (χ4v) is 0.979. The smallest absolute Gasteiger partial charge is 0.144 e. The second-order valence-electron chi connectivity index (χ2n) is 2.25. The Labute approximate surface area is 82.3 Å². The molecule has 0 unspecified atom stereocenters. The van der Waals surface area contributed by atoms with Crippen LogP contribution in [0.2, 0.25) is 5.02 Å². The third-order valence-corrected chi connectivity index (χ3v) is 1.68. The van der Waals surface area contributed by atoms with Crippen LogP contribution in [0.25, 0.3) is 10.4 Å². The fraction of sp³-hybridized carbons (Fsp3) is 0.143. The van der Waals surface area contributed by atoms with E-state index in [4.69, 9.17) is 17.1 Å². The van der Waals surface area contributed by atoms with Crippen LogP contribution in [0, 0.1) is 11.6 Å². The largest absolute Gasteiger partial charge is 0.269 e. The van der Waals surface area contributed by atoms with E-state index in [1.165, 1.54) is 0 Å². The maximum Gasteiger partial charge on any atom is 0.144 e. The van der Waals surface area contributed by atoms with Gasteiger partial charge in [-0.15, -0.1) is 0 Å². The van der Waals surface area contributed by atoms with Gasteiger partial charge < -0.3 is 0 Å². The molecule has 7 heteroatoms. The fourth-order valence-electron chi connectivity index (χ4n) is 0.793. The zero-order chi connectivity index (χ0) is 9.84. The van der Waals surface area contributed by atoms with Crippen LogP contribution >= 0.6 is 11.6 Å². The SMILES string of the molecule is F.[N-]=[N+]=NCc1cc(Cl)c(F)cc1F. The molecule has 0 N–H and O–H groups in total. The average Bonchev–Trinajstić information content (AvgIpc) is 2.09. The van der Waals surface area contributed by atoms with E-state index < -0.39 is 11.6 Å². The molecule has 0 aliphatic rings. The first-order chi connectivity index (χ1) is 6.15. The van der Waals surface area contributed by atoms with Crippen LogP contribution in [0.4, 0.5) is 13.5 Å². The molecule has 0 bridgehead atoms. The summed E-state index contributed by atoms with van der Waals surface area (Å²) in [6, 6.07) is 1.76. The van der Waals surface area contributed by atoms with E-state index in [0.29, 0.717) is 6.07 Å². The van der Waals surface area contributed by atoms with Gasteiger partial charge >= 0.3 is 0 Å². The van der Waals surface area contributed by atoms with Gasteiger partial charge in [0, 0.05) is 11.0 Å². The Balaban J connectivity index is 0.00000169. The molecule has 1 aromatic rings. The van der Waals surface area contributed by atoms with Crippen LogP contribution in [0.3, 0.4) is 0 Å². The first-order valence-electron chi connectivity index (χ1n) is 3.29. The van der Waals surface area contributed by atoms with Gasteiger partial charge in [0.05, 0.1) is 11.6 Å². The van der Waals surface area contributed by atoms with Crippen LogP contribution in [-0.2, 0) is 6.54 Å². The summed E-state index contributed by atoms with van der Waals surface area (Å²) >= 11 is 5.39. The third kappa shape index (κ3) is 2.83. The Bertz CT molecular complexity index is 377. The van der Waals surface area contributed by atoms with Crippen LogP contribution < -0.4 is 0 Å². The summed E-state index contributed by atoms with van der Waals surface area (Å²) < 4.78 is 25.5. The minimum Gasteiger partial charge on any atom is -0.269 e. The molecule has 0 fully saturated rings. The number of nitrogens with zero attached hydrogens (tertiary/aromatic N) is 3. The zero-order valence-electron chi connectivity index (χ0n) is 6.75. The molecule has 0 aliphatic carbocycles. The van der Waals surface area contributed by atoms with Crippen molar-refractivity contribution in [2.75, 3.05) is 0 Å². The first-order valence-corrected chi connectivity index (χ1v) is 3.67. The van der Waals surface area contributed by atoms with Crippen LogP contribution in [0.5, 0.6) is 0 Å². The molecular formula is C7H5ClF3N3. The van der Waals surface area contributed by atoms with E-state index >= 15 is 0 Å². The van der Waals surface area contributed by atoms with E-state index in [9.17, 15) is 8.78 Å². The van der Waals surface area contributed by atoms with E-state index in [2.05, 4.69) is 10.0 Å². The lowest BCUT2D eigenvalue weighted by molar-refractivity contribution is 0.572. The van der Waals surface area contributed by atoms with Crippen molar-refractivity contribution in [2.45, 2.75) is 6.54 Å². The van der Waals surface area contributed by atoms with Gasteiger partial charge in [-0.25, -0.2) is 8.78 Å². The van der Waals surface area contributed by atoms with Crippen LogP contribution in [-0.4, -0.2) is 0 Å². The van der Waals surface area contributed by atoms with Gasteiger partial charge in [0.2, 0.25) is 0 Å². The lowest BCUT2D eigenvalue weighted by atomic mass is 10.2. The molecule has 0 saturated carbocycles. The monoisotopic (exact) mass is 223 g/mol. The van der Waals surface area contributed by atoms with Crippen LogP contribution in [0.1, 0.15) is 5.56 Å². The molecule has 0 aromatic heterocycles. The first kappa shape index (κ1) is 12.6. The van der Waals surface area contributed by atoms with Gasteiger partial charge in [0.1, 0.15) is 11.6 Å². The molecule has 14 heavy (non-hydrogen) atoms. The number of halogens is 4. The Morgan fingerprint density at radius 1 is 1.36 bits per heavy atom.